The second-order valence-corrected chi connectivity index (χ2v) is 5.51. The molecule has 0 saturated carbocycles. The molecule has 0 radical (unpaired) electrons. The molecule has 1 aromatic heterocycles. The molecule has 1 aliphatic heterocycles. The Morgan fingerprint density at radius 3 is 2.90 bits per heavy atom. The van der Waals surface area contributed by atoms with Crippen LogP contribution in [0.1, 0.15) is 25.0 Å². The van der Waals surface area contributed by atoms with Gasteiger partial charge in [-0.05, 0) is 38.4 Å². The van der Waals surface area contributed by atoms with Crippen LogP contribution in [0.5, 0.6) is 0 Å². The summed E-state index contributed by atoms with van der Waals surface area (Å²) in [6.45, 7) is 2.60. The lowest BCUT2D eigenvalue weighted by atomic mass is 10.1. The Kier molecular flexibility index (Phi) is 5.61. The number of ether oxygens (including phenoxy) is 1. The smallest absolute Gasteiger partial charge is 0.236 e. The predicted molar refractivity (Wildman–Crippen MR) is 76.3 cm³/mol. The first kappa shape index (κ1) is 15.1. The molecule has 1 aliphatic rings. The number of rotatable bonds is 6. The minimum absolute atomic E-state index is 0.0970. The molecule has 0 spiro atoms. The average Bonchev–Trinajstić information content (AvgIpc) is 2.92. The van der Waals surface area contributed by atoms with Crippen molar-refractivity contribution < 1.29 is 13.9 Å². The summed E-state index contributed by atoms with van der Waals surface area (Å²) >= 11 is 0. The summed E-state index contributed by atoms with van der Waals surface area (Å²) in [7, 11) is 3.77. The normalized spacial score (nSPS) is 19.2. The summed E-state index contributed by atoms with van der Waals surface area (Å²) in [5.74, 6) is 0.902. The van der Waals surface area contributed by atoms with Crippen LogP contribution in [0.4, 0.5) is 0 Å². The number of amides is 1. The molecule has 0 aromatic carbocycles. The van der Waals surface area contributed by atoms with E-state index in [1.807, 2.05) is 24.1 Å². The third-order valence-corrected chi connectivity index (χ3v) is 3.59. The van der Waals surface area contributed by atoms with Crippen LogP contribution in [0, 0.1) is 0 Å². The summed E-state index contributed by atoms with van der Waals surface area (Å²) in [5, 5.41) is 0. The summed E-state index contributed by atoms with van der Waals surface area (Å²) < 4.78 is 10.9. The third-order valence-electron chi connectivity index (χ3n) is 3.59. The van der Waals surface area contributed by atoms with Crippen LogP contribution in [0.3, 0.4) is 0 Å². The fourth-order valence-corrected chi connectivity index (χ4v) is 2.44. The van der Waals surface area contributed by atoms with Crippen molar-refractivity contribution in [3.05, 3.63) is 24.2 Å². The van der Waals surface area contributed by atoms with Crippen molar-refractivity contribution in [2.24, 2.45) is 0 Å². The summed E-state index contributed by atoms with van der Waals surface area (Å²) in [6.07, 6.45) is 5.38. The number of hydrogen-bond donors (Lipinski definition) is 0. The van der Waals surface area contributed by atoms with Gasteiger partial charge in [-0.1, -0.05) is 0 Å². The highest BCUT2D eigenvalue weighted by molar-refractivity contribution is 5.77. The van der Waals surface area contributed by atoms with Crippen LogP contribution in [0.25, 0.3) is 0 Å². The van der Waals surface area contributed by atoms with Crippen molar-refractivity contribution in [3.63, 3.8) is 0 Å². The minimum atomic E-state index is 0.0970. The zero-order valence-corrected chi connectivity index (χ0v) is 12.4. The van der Waals surface area contributed by atoms with Gasteiger partial charge >= 0.3 is 0 Å². The Morgan fingerprint density at radius 2 is 2.25 bits per heavy atom. The highest BCUT2D eigenvalue weighted by Crippen LogP contribution is 2.13. The van der Waals surface area contributed by atoms with Gasteiger partial charge in [-0.15, -0.1) is 0 Å². The van der Waals surface area contributed by atoms with Crippen LogP contribution in [-0.2, 0) is 16.1 Å². The predicted octanol–water partition coefficient (Wildman–Crippen LogP) is 1.74. The first-order chi connectivity index (χ1) is 9.65. The molecule has 2 rings (SSSR count). The SMILES string of the molecule is CN(CC(=O)N(C)Cc1ccco1)CC1CCCCO1. The van der Waals surface area contributed by atoms with Crippen LogP contribution in [0.15, 0.2) is 22.8 Å². The number of hydrogen-bond acceptors (Lipinski definition) is 4. The third kappa shape index (κ3) is 4.65. The van der Waals surface area contributed by atoms with Crippen LogP contribution in [-0.4, -0.2) is 55.6 Å². The molecule has 0 aliphatic carbocycles. The van der Waals surface area contributed by atoms with E-state index in [-0.39, 0.29) is 12.0 Å². The lowest BCUT2D eigenvalue weighted by Gasteiger charge is -2.28. The van der Waals surface area contributed by atoms with E-state index in [9.17, 15) is 4.79 Å². The highest BCUT2D eigenvalue weighted by atomic mass is 16.5. The van der Waals surface area contributed by atoms with Gasteiger partial charge in [-0.3, -0.25) is 9.69 Å². The topological polar surface area (TPSA) is 45.9 Å². The molecule has 1 saturated heterocycles. The fraction of sp³-hybridized carbons (Fsp3) is 0.667. The second kappa shape index (κ2) is 7.45. The van der Waals surface area contributed by atoms with Gasteiger partial charge in [0.15, 0.2) is 0 Å². The second-order valence-electron chi connectivity index (χ2n) is 5.51. The summed E-state index contributed by atoms with van der Waals surface area (Å²) in [5.41, 5.74) is 0. The Bertz CT molecular complexity index is 399. The summed E-state index contributed by atoms with van der Waals surface area (Å²) in [6, 6.07) is 3.71. The van der Waals surface area contributed by atoms with E-state index in [0.29, 0.717) is 13.1 Å². The van der Waals surface area contributed by atoms with Gasteiger partial charge in [0.25, 0.3) is 0 Å². The molecule has 0 bridgehead atoms. The molecular formula is C15H24N2O3. The molecule has 1 aromatic rings. The average molecular weight is 280 g/mol. The van der Waals surface area contributed by atoms with Gasteiger partial charge in [-0.2, -0.15) is 0 Å². The first-order valence-electron chi connectivity index (χ1n) is 7.21. The van der Waals surface area contributed by atoms with Crippen molar-refractivity contribution >= 4 is 5.91 Å². The van der Waals surface area contributed by atoms with Crippen molar-refractivity contribution in [1.29, 1.82) is 0 Å². The lowest BCUT2D eigenvalue weighted by molar-refractivity contribution is -0.132. The largest absolute Gasteiger partial charge is 0.467 e. The molecule has 1 amide bonds. The van der Waals surface area contributed by atoms with E-state index < -0.39 is 0 Å². The van der Waals surface area contributed by atoms with E-state index in [0.717, 1.165) is 31.8 Å². The Morgan fingerprint density at radius 1 is 1.40 bits per heavy atom. The van der Waals surface area contributed by atoms with Gasteiger partial charge < -0.3 is 14.1 Å². The van der Waals surface area contributed by atoms with Gasteiger partial charge in [0.1, 0.15) is 5.76 Å². The van der Waals surface area contributed by atoms with Crippen molar-refractivity contribution in [2.45, 2.75) is 31.9 Å². The van der Waals surface area contributed by atoms with E-state index >= 15 is 0 Å². The maximum Gasteiger partial charge on any atom is 0.236 e. The summed E-state index contributed by atoms with van der Waals surface area (Å²) in [4.78, 5) is 15.9. The zero-order chi connectivity index (χ0) is 14.4. The van der Waals surface area contributed by atoms with Crippen LogP contribution >= 0.6 is 0 Å². The number of likely N-dealkylation sites (N-methyl/N-ethyl adjacent to an activating group) is 2. The van der Waals surface area contributed by atoms with E-state index in [4.69, 9.17) is 9.15 Å². The van der Waals surface area contributed by atoms with Gasteiger partial charge in [-0.25, -0.2) is 0 Å². The molecule has 1 fully saturated rings. The number of carbonyl (C=O) groups excluding carboxylic acids is 1. The molecule has 1 atom stereocenters. The lowest BCUT2D eigenvalue weighted by Crippen LogP contribution is -2.40. The Labute approximate surface area is 120 Å². The highest BCUT2D eigenvalue weighted by Gasteiger charge is 2.18. The minimum Gasteiger partial charge on any atom is -0.467 e. The van der Waals surface area contributed by atoms with Gasteiger partial charge in [0.2, 0.25) is 5.91 Å². The van der Waals surface area contributed by atoms with Crippen LogP contribution < -0.4 is 0 Å². The standard InChI is InChI=1S/C15H24N2O3/c1-16(10-13-6-3-4-8-19-13)12-15(18)17(2)11-14-7-5-9-20-14/h5,7,9,13H,3-4,6,8,10-12H2,1-2H3. The molecule has 5 nitrogen and oxygen atoms in total. The van der Waals surface area contributed by atoms with E-state index in [2.05, 4.69) is 0 Å². The van der Waals surface area contributed by atoms with Gasteiger partial charge in [0.05, 0.1) is 25.5 Å². The Balaban J connectivity index is 1.72. The molecule has 1 unspecified atom stereocenters. The molecular weight excluding hydrogens is 256 g/mol. The fourth-order valence-electron chi connectivity index (χ4n) is 2.44. The van der Waals surface area contributed by atoms with E-state index in [1.165, 1.54) is 6.42 Å². The molecule has 5 heteroatoms. The van der Waals surface area contributed by atoms with Crippen molar-refractivity contribution in [2.75, 3.05) is 33.8 Å². The number of furan rings is 1. The number of nitrogens with zero attached hydrogens (tertiary/aromatic N) is 2. The quantitative estimate of drug-likeness (QED) is 0.796. The molecule has 0 N–H and O–H groups in total. The Hall–Kier alpha value is -1.33. The van der Waals surface area contributed by atoms with Crippen LogP contribution in [0.2, 0.25) is 0 Å². The molecule has 112 valence electrons. The maximum absolute atomic E-state index is 12.1. The zero-order valence-electron chi connectivity index (χ0n) is 12.4. The number of carbonyl (C=O) groups is 1. The monoisotopic (exact) mass is 280 g/mol. The first-order valence-corrected chi connectivity index (χ1v) is 7.21. The van der Waals surface area contributed by atoms with Gasteiger partial charge in [0, 0.05) is 20.2 Å². The molecule has 20 heavy (non-hydrogen) atoms. The molecule has 2 heterocycles. The van der Waals surface area contributed by atoms with Crippen molar-refractivity contribution in [3.8, 4) is 0 Å². The van der Waals surface area contributed by atoms with E-state index in [1.54, 1.807) is 18.2 Å². The maximum atomic E-state index is 12.1. The van der Waals surface area contributed by atoms with Crippen molar-refractivity contribution in [1.82, 2.24) is 9.80 Å².